The summed E-state index contributed by atoms with van der Waals surface area (Å²) in [4.78, 5) is 0. The van der Waals surface area contributed by atoms with E-state index in [2.05, 4.69) is 41.7 Å². The van der Waals surface area contributed by atoms with Gasteiger partial charge >= 0.3 is 0 Å². The molecule has 3 rings (SSSR count). The molecule has 0 fully saturated rings. The van der Waals surface area contributed by atoms with Crippen molar-refractivity contribution in [1.29, 1.82) is 0 Å². The van der Waals surface area contributed by atoms with Crippen LogP contribution in [0.4, 0.5) is 5.69 Å². The van der Waals surface area contributed by atoms with Gasteiger partial charge in [0.2, 0.25) is 0 Å². The van der Waals surface area contributed by atoms with Gasteiger partial charge in [0.05, 0.1) is 18.4 Å². The summed E-state index contributed by atoms with van der Waals surface area (Å²) in [7, 11) is 0. The van der Waals surface area contributed by atoms with Gasteiger partial charge in [0.1, 0.15) is 11.5 Å². The van der Waals surface area contributed by atoms with E-state index in [-0.39, 0.29) is 6.10 Å². The number of ether oxygens (including phenoxy) is 2. The second kappa shape index (κ2) is 9.67. The van der Waals surface area contributed by atoms with Crippen LogP contribution in [0.2, 0.25) is 0 Å². The van der Waals surface area contributed by atoms with Crippen LogP contribution < -0.4 is 14.8 Å². The molecule has 1 N–H and O–H groups in total. The van der Waals surface area contributed by atoms with Crippen molar-refractivity contribution in [2.24, 2.45) is 0 Å². The molecule has 140 valence electrons. The van der Waals surface area contributed by atoms with E-state index in [0.717, 1.165) is 30.2 Å². The van der Waals surface area contributed by atoms with Crippen molar-refractivity contribution in [3.63, 3.8) is 0 Å². The fourth-order valence-electron chi connectivity index (χ4n) is 2.80. The van der Waals surface area contributed by atoms with Crippen LogP contribution in [-0.2, 0) is 13.0 Å². The van der Waals surface area contributed by atoms with Crippen LogP contribution >= 0.6 is 0 Å². The Hall–Kier alpha value is -2.94. The summed E-state index contributed by atoms with van der Waals surface area (Å²) >= 11 is 0. The second-order valence-electron chi connectivity index (χ2n) is 6.74. The number of hydrogen-bond donors (Lipinski definition) is 1. The number of anilines is 1. The third-order valence-corrected chi connectivity index (χ3v) is 4.16. The molecule has 27 heavy (non-hydrogen) atoms. The number of para-hydroxylation sites is 2. The van der Waals surface area contributed by atoms with E-state index in [1.165, 1.54) is 11.1 Å². The van der Waals surface area contributed by atoms with Crippen molar-refractivity contribution >= 4 is 5.69 Å². The molecule has 0 aliphatic heterocycles. The van der Waals surface area contributed by atoms with Crippen molar-refractivity contribution in [2.45, 2.75) is 32.9 Å². The van der Waals surface area contributed by atoms with Gasteiger partial charge in [0.15, 0.2) is 0 Å². The Morgan fingerprint density at radius 2 is 1.48 bits per heavy atom. The Bertz CT molecular complexity index is 813. The smallest absolute Gasteiger partial charge is 0.142 e. The Kier molecular flexibility index (Phi) is 6.75. The van der Waals surface area contributed by atoms with Crippen LogP contribution in [0.3, 0.4) is 0 Å². The molecule has 0 unspecified atom stereocenters. The van der Waals surface area contributed by atoms with Crippen molar-refractivity contribution in [3.8, 4) is 11.5 Å². The third-order valence-electron chi connectivity index (χ3n) is 4.16. The predicted molar refractivity (Wildman–Crippen MR) is 112 cm³/mol. The van der Waals surface area contributed by atoms with E-state index >= 15 is 0 Å². The van der Waals surface area contributed by atoms with Crippen LogP contribution in [0.5, 0.6) is 11.5 Å². The minimum atomic E-state index is 0.153. The monoisotopic (exact) mass is 361 g/mol. The lowest BCUT2D eigenvalue weighted by Crippen LogP contribution is -2.08. The van der Waals surface area contributed by atoms with Gasteiger partial charge in [-0.2, -0.15) is 0 Å². The van der Waals surface area contributed by atoms with Gasteiger partial charge in [0, 0.05) is 13.0 Å². The Labute approximate surface area is 162 Å². The predicted octanol–water partition coefficient (Wildman–Crippen LogP) is 5.71. The number of rotatable bonds is 9. The van der Waals surface area contributed by atoms with Gasteiger partial charge in [-0.15, -0.1) is 0 Å². The second-order valence-corrected chi connectivity index (χ2v) is 6.74. The first-order valence-corrected chi connectivity index (χ1v) is 9.46. The van der Waals surface area contributed by atoms with E-state index in [1.807, 2.05) is 56.3 Å². The quantitative estimate of drug-likeness (QED) is 0.530. The van der Waals surface area contributed by atoms with Gasteiger partial charge in [-0.25, -0.2) is 0 Å². The molecular formula is C24H27NO2. The molecular weight excluding hydrogens is 334 g/mol. The van der Waals surface area contributed by atoms with Crippen LogP contribution in [0.1, 0.15) is 25.0 Å². The summed E-state index contributed by atoms with van der Waals surface area (Å²) in [6.45, 7) is 5.49. The molecule has 0 saturated heterocycles. The largest absolute Gasteiger partial charge is 0.493 e. The lowest BCUT2D eigenvalue weighted by atomic mass is 10.2. The van der Waals surface area contributed by atoms with Crippen LogP contribution in [0.15, 0.2) is 78.9 Å². The lowest BCUT2D eigenvalue weighted by Gasteiger charge is -2.15. The zero-order valence-electron chi connectivity index (χ0n) is 16.0. The maximum atomic E-state index is 5.85. The first-order valence-electron chi connectivity index (χ1n) is 9.46. The summed E-state index contributed by atoms with van der Waals surface area (Å²) in [5.74, 6) is 1.78. The van der Waals surface area contributed by atoms with Gasteiger partial charge in [-0.05, 0) is 49.2 Å². The lowest BCUT2D eigenvalue weighted by molar-refractivity contribution is 0.243. The van der Waals surface area contributed by atoms with Crippen molar-refractivity contribution in [3.05, 3.63) is 90.0 Å². The molecule has 0 aromatic heterocycles. The fraction of sp³-hybridized carbons (Fsp3) is 0.250. The molecule has 0 heterocycles. The number of nitrogens with one attached hydrogen (secondary N) is 1. The Balaban J connectivity index is 1.49. The first-order chi connectivity index (χ1) is 13.2. The molecule has 3 nitrogen and oxygen atoms in total. The van der Waals surface area contributed by atoms with E-state index in [0.29, 0.717) is 6.61 Å². The SMILES string of the molecule is CC(C)Oc1ccccc1NCc1ccc(OCCc2ccccc2)cc1. The highest BCUT2D eigenvalue weighted by Crippen LogP contribution is 2.25. The zero-order valence-corrected chi connectivity index (χ0v) is 16.0. The summed E-state index contributed by atoms with van der Waals surface area (Å²) in [6.07, 6.45) is 1.07. The average molecular weight is 361 g/mol. The molecule has 0 radical (unpaired) electrons. The molecule has 3 heteroatoms. The third kappa shape index (κ3) is 6.07. The topological polar surface area (TPSA) is 30.5 Å². The van der Waals surface area contributed by atoms with Crippen molar-refractivity contribution in [2.75, 3.05) is 11.9 Å². The minimum Gasteiger partial charge on any atom is -0.493 e. The fourth-order valence-corrected chi connectivity index (χ4v) is 2.80. The first kappa shape index (κ1) is 18.8. The van der Waals surface area contributed by atoms with Crippen LogP contribution in [0, 0.1) is 0 Å². The number of benzene rings is 3. The van der Waals surface area contributed by atoms with E-state index in [1.54, 1.807) is 0 Å². The van der Waals surface area contributed by atoms with Crippen molar-refractivity contribution in [1.82, 2.24) is 0 Å². The number of hydrogen-bond acceptors (Lipinski definition) is 3. The minimum absolute atomic E-state index is 0.153. The van der Waals surface area contributed by atoms with Gasteiger partial charge < -0.3 is 14.8 Å². The van der Waals surface area contributed by atoms with Crippen LogP contribution in [0.25, 0.3) is 0 Å². The molecule has 0 spiro atoms. The molecule has 3 aromatic carbocycles. The Morgan fingerprint density at radius 3 is 2.22 bits per heavy atom. The standard InChI is InChI=1S/C24H27NO2/c1-19(2)27-24-11-7-6-10-23(24)25-18-21-12-14-22(15-13-21)26-17-16-20-8-4-3-5-9-20/h3-15,19,25H,16-18H2,1-2H3. The van der Waals surface area contributed by atoms with Crippen LogP contribution in [-0.4, -0.2) is 12.7 Å². The van der Waals surface area contributed by atoms with E-state index in [4.69, 9.17) is 9.47 Å². The molecule has 0 aliphatic carbocycles. The highest BCUT2D eigenvalue weighted by Gasteiger charge is 2.05. The molecule has 3 aromatic rings. The summed E-state index contributed by atoms with van der Waals surface area (Å²) in [5, 5.41) is 3.45. The molecule has 0 amide bonds. The maximum absolute atomic E-state index is 5.85. The zero-order chi connectivity index (χ0) is 18.9. The maximum Gasteiger partial charge on any atom is 0.142 e. The summed E-state index contributed by atoms with van der Waals surface area (Å²) in [5.41, 5.74) is 3.50. The van der Waals surface area contributed by atoms with Gasteiger partial charge in [0.25, 0.3) is 0 Å². The van der Waals surface area contributed by atoms with Gasteiger partial charge in [-0.1, -0.05) is 54.6 Å². The Morgan fingerprint density at radius 1 is 0.778 bits per heavy atom. The molecule has 0 aliphatic rings. The van der Waals surface area contributed by atoms with Gasteiger partial charge in [-0.3, -0.25) is 0 Å². The summed E-state index contributed by atoms with van der Waals surface area (Å²) in [6, 6.07) is 26.7. The van der Waals surface area contributed by atoms with Crippen molar-refractivity contribution < 1.29 is 9.47 Å². The average Bonchev–Trinajstić information content (AvgIpc) is 2.69. The highest BCUT2D eigenvalue weighted by molar-refractivity contribution is 5.56. The summed E-state index contributed by atoms with van der Waals surface area (Å²) < 4.78 is 11.7. The molecule has 0 saturated carbocycles. The molecule has 0 atom stereocenters. The normalized spacial score (nSPS) is 10.6. The molecule has 0 bridgehead atoms. The van der Waals surface area contributed by atoms with E-state index in [9.17, 15) is 0 Å². The van der Waals surface area contributed by atoms with E-state index < -0.39 is 0 Å². The highest BCUT2D eigenvalue weighted by atomic mass is 16.5.